The number of nitrogens with zero attached hydrogens (tertiary/aromatic N) is 2. The molecule has 1 aromatic rings. The lowest BCUT2D eigenvalue weighted by Crippen LogP contribution is -2.17. The Bertz CT molecular complexity index is 328. The largest absolute Gasteiger partial charge is 0.373 e. The maximum atomic E-state index is 5.44. The molecule has 1 aromatic heterocycles. The van der Waals surface area contributed by atoms with Crippen molar-refractivity contribution in [1.29, 1.82) is 0 Å². The Balaban J connectivity index is 2.53. The van der Waals surface area contributed by atoms with Crippen LogP contribution in [-0.4, -0.2) is 23.1 Å². The third kappa shape index (κ3) is 5.24. The average molecular weight is 237 g/mol. The summed E-state index contributed by atoms with van der Waals surface area (Å²) in [6.45, 7) is 9.39. The van der Waals surface area contributed by atoms with E-state index in [2.05, 4.69) is 29.1 Å². The van der Waals surface area contributed by atoms with Gasteiger partial charge in [-0.05, 0) is 31.9 Å². The van der Waals surface area contributed by atoms with E-state index in [0.717, 1.165) is 49.6 Å². The van der Waals surface area contributed by atoms with Crippen LogP contribution < -0.4 is 5.32 Å². The van der Waals surface area contributed by atoms with Gasteiger partial charge in [0, 0.05) is 19.3 Å². The highest BCUT2D eigenvalue weighted by atomic mass is 16.5. The molecule has 17 heavy (non-hydrogen) atoms. The summed E-state index contributed by atoms with van der Waals surface area (Å²) in [4.78, 5) is 8.79. The van der Waals surface area contributed by atoms with Crippen LogP contribution in [0.5, 0.6) is 0 Å². The number of ether oxygens (including phenoxy) is 1. The molecular formula is C13H23N3O. The van der Waals surface area contributed by atoms with Gasteiger partial charge in [0.05, 0.1) is 5.69 Å². The van der Waals surface area contributed by atoms with E-state index in [1.165, 1.54) is 0 Å². The molecule has 0 aliphatic rings. The van der Waals surface area contributed by atoms with E-state index in [9.17, 15) is 0 Å². The molecule has 1 heterocycles. The van der Waals surface area contributed by atoms with Gasteiger partial charge in [-0.3, -0.25) is 0 Å². The molecule has 0 bridgehead atoms. The topological polar surface area (TPSA) is 47.0 Å². The van der Waals surface area contributed by atoms with Crippen LogP contribution in [0.3, 0.4) is 0 Å². The van der Waals surface area contributed by atoms with Crippen LogP contribution in [0.15, 0.2) is 6.20 Å². The smallest absolute Gasteiger partial charge is 0.154 e. The Morgan fingerprint density at radius 3 is 2.82 bits per heavy atom. The molecule has 0 fully saturated rings. The van der Waals surface area contributed by atoms with Crippen LogP contribution in [-0.2, 0) is 17.9 Å². The Hall–Kier alpha value is -1.00. The predicted octanol–water partition coefficient (Wildman–Crippen LogP) is 2.21. The molecule has 1 N–H and O–H groups in total. The zero-order chi connectivity index (χ0) is 12.5. The van der Waals surface area contributed by atoms with Crippen molar-refractivity contribution in [3.05, 3.63) is 23.3 Å². The van der Waals surface area contributed by atoms with Crippen molar-refractivity contribution in [2.45, 2.75) is 46.8 Å². The van der Waals surface area contributed by atoms with Gasteiger partial charge in [0.2, 0.25) is 0 Å². The summed E-state index contributed by atoms with van der Waals surface area (Å²) in [6, 6.07) is 0. The van der Waals surface area contributed by atoms with Crippen LogP contribution in [0.2, 0.25) is 0 Å². The van der Waals surface area contributed by atoms with Crippen molar-refractivity contribution in [2.24, 2.45) is 0 Å². The number of aryl methyl sites for hydroxylation is 1. The molecule has 0 aromatic carbocycles. The molecule has 1 rings (SSSR count). The zero-order valence-electron chi connectivity index (χ0n) is 11.1. The normalized spacial score (nSPS) is 10.8. The standard InChI is InChI=1S/C13H23N3O/c1-4-6-14-9-12-11(3)8-15-13(16-12)10-17-7-5-2/h8,14H,4-7,9-10H2,1-3H3. The molecule has 4 nitrogen and oxygen atoms in total. The van der Waals surface area contributed by atoms with Crippen LogP contribution in [0.4, 0.5) is 0 Å². The van der Waals surface area contributed by atoms with Gasteiger partial charge < -0.3 is 10.1 Å². The molecule has 0 unspecified atom stereocenters. The van der Waals surface area contributed by atoms with Crippen LogP contribution in [0.1, 0.15) is 43.8 Å². The Labute approximate surface area is 104 Å². The second-order valence-electron chi connectivity index (χ2n) is 4.15. The monoisotopic (exact) mass is 237 g/mol. The first kappa shape index (κ1) is 14.1. The van der Waals surface area contributed by atoms with Crippen molar-refractivity contribution < 1.29 is 4.74 Å². The molecule has 0 amide bonds. The summed E-state index contributed by atoms with van der Waals surface area (Å²) in [5.74, 6) is 0.775. The van der Waals surface area contributed by atoms with Gasteiger partial charge in [-0.2, -0.15) is 0 Å². The summed E-state index contributed by atoms with van der Waals surface area (Å²) in [5.41, 5.74) is 2.20. The molecule has 0 atom stereocenters. The van der Waals surface area contributed by atoms with Crippen molar-refractivity contribution in [1.82, 2.24) is 15.3 Å². The molecular weight excluding hydrogens is 214 g/mol. The Morgan fingerprint density at radius 1 is 1.29 bits per heavy atom. The van der Waals surface area contributed by atoms with Crippen molar-refractivity contribution in [3.8, 4) is 0 Å². The number of hydrogen-bond donors (Lipinski definition) is 1. The van der Waals surface area contributed by atoms with E-state index in [4.69, 9.17) is 4.74 Å². The summed E-state index contributed by atoms with van der Waals surface area (Å²) < 4.78 is 5.44. The van der Waals surface area contributed by atoms with Gasteiger partial charge in [-0.25, -0.2) is 9.97 Å². The minimum Gasteiger partial charge on any atom is -0.373 e. The van der Waals surface area contributed by atoms with Crippen LogP contribution >= 0.6 is 0 Å². The van der Waals surface area contributed by atoms with E-state index in [1.807, 2.05) is 13.1 Å². The SMILES string of the molecule is CCCNCc1nc(COCCC)ncc1C. The van der Waals surface area contributed by atoms with Crippen molar-refractivity contribution >= 4 is 0 Å². The first-order valence-electron chi connectivity index (χ1n) is 6.37. The second-order valence-corrected chi connectivity index (χ2v) is 4.15. The summed E-state index contributed by atoms with van der Waals surface area (Å²) in [6.07, 6.45) is 4.04. The third-order valence-electron chi connectivity index (χ3n) is 2.43. The fourth-order valence-corrected chi connectivity index (χ4v) is 1.46. The lowest BCUT2D eigenvalue weighted by atomic mass is 10.2. The van der Waals surface area contributed by atoms with E-state index in [1.54, 1.807) is 0 Å². The fourth-order valence-electron chi connectivity index (χ4n) is 1.46. The molecule has 0 saturated heterocycles. The Kier molecular flexibility index (Phi) is 6.74. The highest BCUT2D eigenvalue weighted by Gasteiger charge is 2.03. The Morgan fingerprint density at radius 2 is 2.12 bits per heavy atom. The van der Waals surface area contributed by atoms with Gasteiger partial charge >= 0.3 is 0 Å². The minimum atomic E-state index is 0.509. The van der Waals surface area contributed by atoms with Crippen molar-refractivity contribution in [3.63, 3.8) is 0 Å². The van der Waals surface area contributed by atoms with Gasteiger partial charge in [0.1, 0.15) is 6.61 Å². The van der Waals surface area contributed by atoms with Gasteiger partial charge in [-0.15, -0.1) is 0 Å². The van der Waals surface area contributed by atoms with Gasteiger partial charge in [0.25, 0.3) is 0 Å². The summed E-state index contributed by atoms with van der Waals surface area (Å²) >= 11 is 0. The number of rotatable bonds is 8. The van der Waals surface area contributed by atoms with Crippen LogP contribution in [0, 0.1) is 6.92 Å². The number of nitrogens with one attached hydrogen (secondary N) is 1. The molecule has 0 saturated carbocycles. The highest BCUT2D eigenvalue weighted by molar-refractivity contribution is 5.15. The van der Waals surface area contributed by atoms with E-state index < -0.39 is 0 Å². The molecule has 0 aliphatic heterocycles. The van der Waals surface area contributed by atoms with E-state index in [0.29, 0.717) is 6.61 Å². The number of hydrogen-bond acceptors (Lipinski definition) is 4. The van der Waals surface area contributed by atoms with Crippen molar-refractivity contribution in [2.75, 3.05) is 13.2 Å². The summed E-state index contributed by atoms with van der Waals surface area (Å²) in [5, 5.41) is 3.36. The maximum absolute atomic E-state index is 5.44. The number of aromatic nitrogens is 2. The fraction of sp³-hybridized carbons (Fsp3) is 0.692. The van der Waals surface area contributed by atoms with Crippen LogP contribution in [0.25, 0.3) is 0 Å². The zero-order valence-corrected chi connectivity index (χ0v) is 11.1. The molecule has 0 radical (unpaired) electrons. The summed E-state index contributed by atoms with van der Waals surface area (Å²) in [7, 11) is 0. The lowest BCUT2D eigenvalue weighted by molar-refractivity contribution is 0.116. The average Bonchev–Trinajstić information content (AvgIpc) is 2.33. The quantitative estimate of drug-likeness (QED) is 0.704. The van der Waals surface area contributed by atoms with Gasteiger partial charge in [-0.1, -0.05) is 13.8 Å². The predicted molar refractivity (Wildman–Crippen MR) is 68.7 cm³/mol. The first-order valence-corrected chi connectivity index (χ1v) is 6.37. The second kappa shape index (κ2) is 8.14. The maximum Gasteiger partial charge on any atom is 0.154 e. The molecule has 0 spiro atoms. The van der Waals surface area contributed by atoms with Gasteiger partial charge in [0.15, 0.2) is 5.82 Å². The lowest BCUT2D eigenvalue weighted by Gasteiger charge is -2.08. The molecule has 0 aliphatic carbocycles. The molecule has 4 heteroatoms. The highest BCUT2D eigenvalue weighted by Crippen LogP contribution is 2.04. The molecule has 96 valence electrons. The van der Waals surface area contributed by atoms with E-state index in [-0.39, 0.29) is 0 Å². The third-order valence-corrected chi connectivity index (χ3v) is 2.43. The first-order chi connectivity index (χ1) is 8.27. The van der Waals surface area contributed by atoms with E-state index >= 15 is 0 Å². The minimum absolute atomic E-state index is 0.509.